The molecular weight excluding hydrogens is 592 g/mol. The van der Waals surface area contributed by atoms with E-state index in [-0.39, 0.29) is 29.9 Å². The standard InChI is InChI=1S/C34H35F2N7O3/c1-5-45-24-15-27(35)26(28(36)16-24)20-43-29-9-7-6-8-25(29)30(41-43)32-38-17-22(31(40-32)39-23-10-12-37-13-11-23)14-21-18-42(19-21)33(44)46-34(2,3)4/h6-13,15-17,21H,5,14,18-20H2,1-4H3,(H,37,38,39,40). The number of halogens is 2. The van der Waals surface area contributed by atoms with Gasteiger partial charge in [-0.2, -0.15) is 5.10 Å². The summed E-state index contributed by atoms with van der Waals surface area (Å²) in [6.45, 7) is 8.59. The van der Waals surface area contributed by atoms with Gasteiger partial charge in [-0.05, 0) is 58.2 Å². The van der Waals surface area contributed by atoms with Crippen molar-refractivity contribution in [3.8, 4) is 17.3 Å². The molecule has 0 bridgehead atoms. The Morgan fingerprint density at radius 1 is 1.07 bits per heavy atom. The van der Waals surface area contributed by atoms with Gasteiger partial charge in [0.15, 0.2) is 5.82 Å². The van der Waals surface area contributed by atoms with Gasteiger partial charge in [0.25, 0.3) is 0 Å². The molecule has 10 nitrogen and oxygen atoms in total. The van der Waals surface area contributed by atoms with Crippen LogP contribution in [0.5, 0.6) is 5.75 Å². The van der Waals surface area contributed by atoms with Crippen molar-refractivity contribution in [1.29, 1.82) is 0 Å². The molecule has 1 saturated heterocycles. The average molecular weight is 628 g/mol. The molecule has 4 heterocycles. The molecule has 0 unspecified atom stereocenters. The van der Waals surface area contributed by atoms with Crippen LogP contribution in [0.2, 0.25) is 0 Å². The summed E-state index contributed by atoms with van der Waals surface area (Å²) < 4.78 is 42.3. The molecule has 3 aromatic heterocycles. The monoisotopic (exact) mass is 627 g/mol. The lowest BCUT2D eigenvalue weighted by molar-refractivity contribution is -0.000871. The second kappa shape index (κ2) is 12.7. The van der Waals surface area contributed by atoms with Gasteiger partial charge in [0.1, 0.15) is 34.5 Å². The molecule has 46 heavy (non-hydrogen) atoms. The summed E-state index contributed by atoms with van der Waals surface area (Å²) in [7, 11) is 0. The number of ether oxygens (including phenoxy) is 2. The molecule has 1 fully saturated rings. The Bertz CT molecular complexity index is 1850. The second-order valence-electron chi connectivity index (χ2n) is 12.2. The van der Waals surface area contributed by atoms with E-state index in [1.807, 2.05) is 57.2 Å². The number of nitrogens with one attached hydrogen (secondary N) is 1. The second-order valence-corrected chi connectivity index (χ2v) is 12.2. The Labute approximate surface area is 265 Å². The number of likely N-dealkylation sites (tertiary alicyclic amines) is 1. The van der Waals surface area contributed by atoms with Gasteiger partial charge >= 0.3 is 6.09 Å². The fourth-order valence-corrected chi connectivity index (χ4v) is 5.38. The van der Waals surface area contributed by atoms with Crippen LogP contribution in [0, 0.1) is 17.6 Å². The van der Waals surface area contributed by atoms with E-state index in [2.05, 4.69) is 10.3 Å². The first kappa shape index (κ1) is 30.9. The van der Waals surface area contributed by atoms with E-state index in [0.29, 0.717) is 49.0 Å². The first-order valence-electron chi connectivity index (χ1n) is 15.2. The zero-order valence-corrected chi connectivity index (χ0v) is 26.1. The molecular formula is C34H35F2N7O3. The molecule has 2 aromatic carbocycles. The fraction of sp³-hybridized carbons (Fsp3) is 0.324. The third-order valence-electron chi connectivity index (χ3n) is 7.53. The van der Waals surface area contributed by atoms with Crippen LogP contribution in [-0.4, -0.2) is 61.0 Å². The first-order chi connectivity index (χ1) is 22.1. The van der Waals surface area contributed by atoms with E-state index < -0.39 is 17.2 Å². The van der Waals surface area contributed by atoms with Crippen LogP contribution in [-0.2, 0) is 17.7 Å². The van der Waals surface area contributed by atoms with Crippen LogP contribution in [0.3, 0.4) is 0 Å². The smallest absolute Gasteiger partial charge is 0.410 e. The molecule has 0 saturated carbocycles. The van der Waals surface area contributed by atoms with Crippen LogP contribution < -0.4 is 10.1 Å². The number of anilines is 2. The maximum absolute atomic E-state index is 15.0. The van der Waals surface area contributed by atoms with Gasteiger partial charge in [0, 0.05) is 66.0 Å². The summed E-state index contributed by atoms with van der Waals surface area (Å²) in [5.41, 5.74) is 2.14. The van der Waals surface area contributed by atoms with Gasteiger partial charge in [0.05, 0.1) is 18.7 Å². The van der Waals surface area contributed by atoms with E-state index >= 15 is 8.78 Å². The van der Waals surface area contributed by atoms with Gasteiger partial charge in [0.2, 0.25) is 0 Å². The van der Waals surface area contributed by atoms with Crippen LogP contribution in [0.4, 0.5) is 25.1 Å². The van der Waals surface area contributed by atoms with Crippen molar-refractivity contribution >= 4 is 28.5 Å². The Balaban J connectivity index is 1.31. The van der Waals surface area contributed by atoms with Crippen molar-refractivity contribution in [3.05, 3.63) is 89.9 Å². The van der Waals surface area contributed by atoms with Crippen LogP contribution in [0.1, 0.15) is 38.8 Å². The maximum Gasteiger partial charge on any atom is 0.410 e. The molecule has 1 aliphatic heterocycles. The average Bonchev–Trinajstić information content (AvgIpc) is 3.35. The van der Waals surface area contributed by atoms with Gasteiger partial charge in [-0.1, -0.05) is 18.2 Å². The number of aromatic nitrogens is 5. The maximum atomic E-state index is 15.0. The SMILES string of the molecule is CCOc1cc(F)c(Cn2nc(-c3ncc(CC4CN(C(=O)OC(C)(C)C)C4)c(Nc4ccncc4)n3)c3ccccc32)c(F)c1. The predicted molar refractivity (Wildman–Crippen MR) is 170 cm³/mol. The Hall–Kier alpha value is -5.13. The summed E-state index contributed by atoms with van der Waals surface area (Å²) in [6, 6.07) is 13.5. The molecule has 238 valence electrons. The topological polar surface area (TPSA) is 107 Å². The van der Waals surface area contributed by atoms with Crippen molar-refractivity contribution in [1.82, 2.24) is 29.6 Å². The number of hydrogen-bond acceptors (Lipinski definition) is 8. The molecule has 0 atom stereocenters. The third kappa shape index (κ3) is 6.75. The van der Waals surface area contributed by atoms with Crippen molar-refractivity contribution in [2.24, 2.45) is 5.92 Å². The number of fused-ring (bicyclic) bond motifs is 1. The van der Waals surface area contributed by atoms with Crippen molar-refractivity contribution < 1.29 is 23.0 Å². The molecule has 1 N–H and O–H groups in total. The van der Waals surface area contributed by atoms with Crippen molar-refractivity contribution in [2.45, 2.75) is 46.3 Å². The normalized spacial score (nSPS) is 13.5. The van der Waals surface area contributed by atoms with Crippen molar-refractivity contribution in [2.75, 3.05) is 25.0 Å². The number of carbonyl (C=O) groups is 1. The van der Waals surface area contributed by atoms with Crippen LogP contribution in [0.15, 0.2) is 67.1 Å². The quantitative estimate of drug-likeness (QED) is 0.191. The minimum Gasteiger partial charge on any atom is -0.494 e. The van der Waals surface area contributed by atoms with Crippen LogP contribution in [0.25, 0.3) is 22.4 Å². The summed E-state index contributed by atoms with van der Waals surface area (Å²) in [5, 5.41) is 8.88. The first-order valence-corrected chi connectivity index (χ1v) is 15.2. The number of rotatable bonds is 9. The molecule has 0 spiro atoms. The zero-order chi connectivity index (χ0) is 32.4. The molecule has 12 heteroatoms. The fourth-order valence-electron chi connectivity index (χ4n) is 5.38. The van der Waals surface area contributed by atoms with E-state index in [0.717, 1.165) is 16.6 Å². The van der Waals surface area contributed by atoms with Crippen LogP contribution >= 0.6 is 0 Å². The summed E-state index contributed by atoms with van der Waals surface area (Å²) in [4.78, 5) is 27.8. The number of amides is 1. The van der Waals surface area contributed by atoms with Gasteiger partial charge in [-0.25, -0.2) is 23.5 Å². The lowest BCUT2D eigenvalue weighted by Gasteiger charge is -2.40. The molecule has 5 aromatic rings. The predicted octanol–water partition coefficient (Wildman–Crippen LogP) is 6.77. The Kier molecular flexibility index (Phi) is 8.53. The molecule has 0 radical (unpaired) electrons. The highest BCUT2D eigenvalue weighted by Crippen LogP contribution is 2.32. The summed E-state index contributed by atoms with van der Waals surface area (Å²) in [6.07, 6.45) is 5.45. The zero-order valence-electron chi connectivity index (χ0n) is 26.1. The van der Waals surface area contributed by atoms with Gasteiger partial charge in [-0.15, -0.1) is 0 Å². The molecule has 1 amide bonds. The molecule has 6 rings (SSSR count). The minimum absolute atomic E-state index is 0.125. The van der Waals surface area contributed by atoms with E-state index in [9.17, 15) is 4.79 Å². The number of benzene rings is 2. The number of nitrogens with zero attached hydrogens (tertiary/aromatic N) is 6. The summed E-state index contributed by atoms with van der Waals surface area (Å²) >= 11 is 0. The van der Waals surface area contributed by atoms with Crippen molar-refractivity contribution in [3.63, 3.8) is 0 Å². The van der Waals surface area contributed by atoms with E-state index in [4.69, 9.17) is 24.5 Å². The summed E-state index contributed by atoms with van der Waals surface area (Å²) in [5.74, 6) is -0.139. The number of pyridine rings is 1. The number of carbonyl (C=O) groups excluding carboxylic acids is 1. The number of para-hydroxylation sites is 1. The highest BCUT2D eigenvalue weighted by atomic mass is 19.1. The minimum atomic E-state index is -0.713. The molecule has 0 aliphatic carbocycles. The number of hydrogen-bond donors (Lipinski definition) is 1. The Morgan fingerprint density at radius 3 is 2.48 bits per heavy atom. The largest absolute Gasteiger partial charge is 0.494 e. The highest BCUT2D eigenvalue weighted by molar-refractivity contribution is 5.92. The van der Waals surface area contributed by atoms with E-state index in [1.54, 1.807) is 35.1 Å². The lowest BCUT2D eigenvalue weighted by atomic mass is 9.93. The lowest BCUT2D eigenvalue weighted by Crippen LogP contribution is -2.52. The van der Waals surface area contributed by atoms with Gasteiger partial charge in [-0.3, -0.25) is 9.67 Å². The third-order valence-corrected chi connectivity index (χ3v) is 7.53. The highest BCUT2D eigenvalue weighted by Gasteiger charge is 2.34. The van der Waals surface area contributed by atoms with Gasteiger partial charge < -0.3 is 19.7 Å². The Morgan fingerprint density at radius 2 is 1.78 bits per heavy atom. The van der Waals surface area contributed by atoms with E-state index in [1.165, 1.54) is 12.1 Å². The molecule has 1 aliphatic rings.